The van der Waals surface area contributed by atoms with Gasteiger partial charge in [0.25, 0.3) is 0 Å². The fourth-order valence-corrected chi connectivity index (χ4v) is 2.67. The number of benzene rings is 2. The van der Waals surface area contributed by atoms with E-state index in [1.807, 2.05) is 7.05 Å². The summed E-state index contributed by atoms with van der Waals surface area (Å²) in [5.74, 6) is 1.04. The van der Waals surface area contributed by atoms with Crippen molar-refractivity contribution in [3.63, 3.8) is 0 Å². The summed E-state index contributed by atoms with van der Waals surface area (Å²) in [7, 11) is 1.97. The van der Waals surface area contributed by atoms with Crippen molar-refractivity contribution in [2.24, 2.45) is 0 Å². The highest BCUT2D eigenvalue weighted by molar-refractivity contribution is 5.43. The molecule has 0 fully saturated rings. The minimum atomic E-state index is 0.766. The molecule has 0 saturated carbocycles. The average Bonchev–Trinajstić information content (AvgIpc) is 2.47. The molecule has 0 aromatic heterocycles. The van der Waals surface area contributed by atoms with Crippen LogP contribution in [0.15, 0.2) is 42.5 Å². The van der Waals surface area contributed by atoms with Crippen LogP contribution in [0.1, 0.15) is 28.7 Å². The van der Waals surface area contributed by atoms with Gasteiger partial charge in [0.15, 0.2) is 0 Å². The third-order valence-electron chi connectivity index (χ3n) is 3.60. The molecule has 0 unspecified atom stereocenters. The second-order valence-corrected chi connectivity index (χ2v) is 5.53. The molecule has 0 heterocycles. The predicted octanol–water partition coefficient (Wildman–Crippen LogP) is 4.03. The molecule has 0 amide bonds. The van der Waals surface area contributed by atoms with E-state index in [1.54, 1.807) is 0 Å². The highest BCUT2D eigenvalue weighted by atomic mass is 16.5. The molecule has 0 saturated heterocycles. The minimum Gasteiger partial charge on any atom is -0.493 e. The van der Waals surface area contributed by atoms with Gasteiger partial charge in [-0.3, -0.25) is 0 Å². The summed E-state index contributed by atoms with van der Waals surface area (Å²) in [5, 5.41) is 3.19. The molecule has 112 valence electrons. The Morgan fingerprint density at radius 3 is 2.24 bits per heavy atom. The van der Waals surface area contributed by atoms with Crippen LogP contribution in [-0.4, -0.2) is 13.7 Å². The second kappa shape index (κ2) is 7.84. The number of nitrogens with one attached hydrogen (secondary N) is 1. The molecule has 0 atom stereocenters. The molecule has 21 heavy (non-hydrogen) atoms. The lowest BCUT2D eigenvalue weighted by molar-refractivity contribution is 0.307. The minimum absolute atomic E-state index is 0.766. The van der Waals surface area contributed by atoms with Gasteiger partial charge in [-0.05, 0) is 56.0 Å². The molecule has 0 aliphatic heterocycles. The van der Waals surface area contributed by atoms with Gasteiger partial charge in [-0.2, -0.15) is 0 Å². The van der Waals surface area contributed by atoms with Crippen LogP contribution in [0.3, 0.4) is 0 Å². The first-order valence-corrected chi connectivity index (χ1v) is 7.62. The summed E-state index contributed by atoms with van der Waals surface area (Å²) >= 11 is 0. The third kappa shape index (κ3) is 4.61. The van der Waals surface area contributed by atoms with Crippen molar-refractivity contribution < 1.29 is 4.74 Å². The van der Waals surface area contributed by atoms with Crippen molar-refractivity contribution in [3.05, 3.63) is 64.7 Å². The van der Waals surface area contributed by atoms with E-state index in [9.17, 15) is 0 Å². The van der Waals surface area contributed by atoms with E-state index < -0.39 is 0 Å². The molecule has 0 spiro atoms. The fraction of sp³-hybridized carbons (Fsp3) is 0.368. The number of ether oxygens (including phenoxy) is 1. The summed E-state index contributed by atoms with van der Waals surface area (Å²) in [6.45, 7) is 5.91. The Labute approximate surface area is 128 Å². The normalized spacial score (nSPS) is 10.6. The molecular formula is C19H25NO. The van der Waals surface area contributed by atoms with E-state index in [-0.39, 0.29) is 0 Å². The molecule has 2 rings (SSSR count). The van der Waals surface area contributed by atoms with Gasteiger partial charge in [-0.15, -0.1) is 0 Å². The molecule has 2 nitrogen and oxygen atoms in total. The van der Waals surface area contributed by atoms with Crippen LogP contribution >= 0.6 is 0 Å². The summed E-state index contributed by atoms with van der Waals surface area (Å²) < 4.78 is 6.00. The van der Waals surface area contributed by atoms with E-state index in [0.29, 0.717) is 0 Å². The summed E-state index contributed by atoms with van der Waals surface area (Å²) in [5.41, 5.74) is 5.13. The number of hydrogen-bond acceptors (Lipinski definition) is 2. The first kappa shape index (κ1) is 15.6. The molecule has 0 aliphatic rings. The molecular weight excluding hydrogens is 258 g/mol. The lowest BCUT2D eigenvalue weighted by atomic mass is 10.1. The number of rotatable bonds is 7. The number of aryl methyl sites for hydroxylation is 3. The zero-order valence-electron chi connectivity index (χ0n) is 13.3. The van der Waals surface area contributed by atoms with Crippen LogP contribution < -0.4 is 10.1 Å². The Kier molecular flexibility index (Phi) is 5.82. The Hall–Kier alpha value is -1.80. The molecule has 2 heteroatoms. The van der Waals surface area contributed by atoms with Crippen LogP contribution in [0.4, 0.5) is 0 Å². The van der Waals surface area contributed by atoms with Gasteiger partial charge in [0.05, 0.1) is 6.61 Å². The highest BCUT2D eigenvalue weighted by Crippen LogP contribution is 2.25. The van der Waals surface area contributed by atoms with E-state index in [1.165, 1.54) is 22.3 Å². The van der Waals surface area contributed by atoms with E-state index in [4.69, 9.17) is 4.74 Å². The Morgan fingerprint density at radius 1 is 0.952 bits per heavy atom. The van der Waals surface area contributed by atoms with Crippen molar-refractivity contribution in [1.82, 2.24) is 5.32 Å². The summed E-state index contributed by atoms with van der Waals surface area (Å²) in [4.78, 5) is 0. The zero-order valence-corrected chi connectivity index (χ0v) is 13.3. The maximum absolute atomic E-state index is 6.00. The molecule has 1 N–H and O–H groups in total. The lowest BCUT2D eigenvalue weighted by Gasteiger charge is -2.14. The van der Waals surface area contributed by atoms with Crippen LogP contribution in [0.5, 0.6) is 5.75 Å². The Morgan fingerprint density at radius 2 is 1.62 bits per heavy atom. The van der Waals surface area contributed by atoms with Gasteiger partial charge in [0, 0.05) is 6.54 Å². The van der Waals surface area contributed by atoms with Crippen LogP contribution in [0.25, 0.3) is 0 Å². The predicted molar refractivity (Wildman–Crippen MR) is 88.9 cm³/mol. The van der Waals surface area contributed by atoms with Crippen LogP contribution in [0.2, 0.25) is 0 Å². The van der Waals surface area contributed by atoms with Gasteiger partial charge < -0.3 is 10.1 Å². The maximum atomic E-state index is 6.00. The largest absolute Gasteiger partial charge is 0.493 e. The van der Waals surface area contributed by atoms with Crippen LogP contribution in [-0.2, 0) is 13.0 Å². The summed E-state index contributed by atoms with van der Waals surface area (Å²) in [6, 6.07) is 15.0. The smallest absolute Gasteiger partial charge is 0.125 e. The van der Waals surface area contributed by atoms with Crippen LogP contribution in [0, 0.1) is 13.8 Å². The van der Waals surface area contributed by atoms with E-state index in [2.05, 4.69) is 61.6 Å². The monoisotopic (exact) mass is 283 g/mol. The van der Waals surface area contributed by atoms with Crippen molar-refractivity contribution in [1.29, 1.82) is 0 Å². The third-order valence-corrected chi connectivity index (χ3v) is 3.60. The van der Waals surface area contributed by atoms with E-state index in [0.717, 1.165) is 31.7 Å². The van der Waals surface area contributed by atoms with Crippen molar-refractivity contribution in [2.45, 2.75) is 33.2 Å². The van der Waals surface area contributed by atoms with Gasteiger partial charge in [-0.25, -0.2) is 0 Å². The highest BCUT2D eigenvalue weighted by Gasteiger charge is 2.06. The fourth-order valence-electron chi connectivity index (χ4n) is 2.67. The van der Waals surface area contributed by atoms with E-state index >= 15 is 0 Å². The Bertz CT molecular complexity index is 540. The zero-order chi connectivity index (χ0) is 15.1. The standard InChI is InChI=1S/C19H25NO/c1-15-12-18(14-20-3)13-16(2)19(15)21-11-7-10-17-8-5-4-6-9-17/h4-6,8-9,12-13,20H,7,10-11,14H2,1-3H3. The lowest BCUT2D eigenvalue weighted by Crippen LogP contribution is -2.07. The SMILES string of the molecule is CNCc1cc(C)c(OCCCc2ccccc2)c(C)c1. The molecule has 0 aliphatic carbocycles. The van der Waals surface area contributed by atoms with Gasteiger partial charge in [0.2, 0.25) is 0 Å². The molecule has 2 aromatic carbocycles. The van der Waals surface area contributed by atoms with Gasteiger partial charge >= 0.3 is 0 Å². The maximum Gasteiger partial charge on any atom is 0.125 e. The first-order chi connectivity index (χ1) is 10.2. The quantitative estimate of drug-likeness (QED) is 0.775. The molecule has 0 bridgehead atoms. The van der Waals surface area contributed by atoms with Crippen molar-refractivity contribution in [2.75, 3.05) is 13.7 Å². The first-order valence-electron chi connectivity index (χ1n) is 7.62. The molecule has 2 aromatic rings. The molecule has 0 radical (unpaired) electrons. The average molecular weight is 283 g/mol. The Balaban J connectivity index is 1.88. The van der Waals surface area contributed by atoms with Gasteiger partial charge in [0.1, 0.15) is 5.75 Å². The van der Waals surface area contributed by atoms with Crippen molar-refractivity contribution in [3.8, 4) is 5.75 Å². The second-order valence-electron chi connectivity index (χ2n) is 5.53. The van der Waals surface area contributed by atoms with Gasteiger partial charge in [-0.1, -0.05) is 42.5 Å². The number of hydrogen-bond donors (Lipinski definition) is 1. The van der Waals surface area contributed by atoms with Crippen molar-refractivity contribution >= 4 is 0 Å². The summed E-state index contributed by atoms with van der Waals surface area (Å²) in [6.07, 6.45) is 2.11. The topological polar surface area (TPSA) is 21.3 Å².